The van der Waals surface area contributed by atoms with E-state index in [2.05, 4.69) is 15.3 Å². The van der Waals surface area contributed by atoms with Crippen LogP contribution in [0.5, 0.6) is 0 Å². The summed E-state index contributed by atoms with van der Waals surface area (Å²) in [5, 5.41) is 3.30. The van der Waals surface area contributed by atoms with Gasteiger partial charge in [-0.1, -0.05) is 11.6 Å². The Hall–Kier alpha value is -3.91. The van der Waals surface area contributed by atoms with Crippen molar-refractivity contribution in [3.63, 3.8) is 0 Å². The smallest absolute Gasteiger partial charge is 0.343 e. The molecule has 39 heavy (non-hydrogen) atoms. The molecule has 1 unspecified atom stereocenters. The maximum Gasteiger partial charge on any atom is 0.343 e. The van der Waals surface area contributed by atoms with Crippen LogP contribution in [0.3, 0.4) is 0 Å². The summed E-state index contributed by atoms with van der Waals surface area (Å²) in [7, 11) is 0. The summed E-state index contributed by atoms with van der Waals surface area (Å²) >= 11 is 5.93. The second-order valence-corrected chi connectivity index (χ2v) is 11.1. The van der Waals surface area contributed by atoms with Crippen LogP contribution in [0.25, 0.3) is 17.0 Å². The standard InChI is InChI=1S/C30H29ClFN3O4/c1-16-10-20(28-33-14-21(31)15-34-28)11-17(2)25(16)26-23(39-29(38)18-6-8-22(32)9-7-18)12-19(27(26)37)13-24(36)35-30(3,4)5/h6-11,14-15,19H,12-13H2,1-5H3,(H,35,36). The van der Waals surface area contributed by atoms with Crippen molar-refractivity contribution < 1.29 is 23.5 Å². The van der Waals surface area contributed by atoms with Crippen molar-refractivity contribution >= 4 is 34.8 Å². The summed E-state index contributed by atoms with van der Waals surface area (Å²) in [5.74, 6) is -1.78. The fourth-order valence-corrected chi connectivity index (χ4v) is 4.78. The Kier molecular flexibility index (Phi) is 7.97. The number of hydrogen-bond acceptors (Lipinski definition) is 6. The molecular formula is C30H29ClFN3O4. The molecule has 0 radical (unpaired) electrons. The molecule has 1 amide bonds. The van der Waals surface area contributed by atoms with Gasteiger partial charge in [0.05, 0.1) is 16.2 Å². The van der Waals surface area contributed by atoms with Crippen LogP contribution in [0, 0.1) is 25.6 Å². The first-order chi connectivity index (χ1) is 18.3. The lowest BCUT2D eigenvalue weighted by Gasteiger charge is -2.21. The first-order valence-electron chi connectivity index (χ1n) is 12.5. The quantitative estimate of drug-likeness (QED) is 0.378. The Morgan fingerprint density at radius 1 is 1.08 bits per heavy atom. The van der Waals surface area contributed by atoms with Gasteiger partial charge in [0.15, 0.2) is 11.6 Å². The van der Waals surface area contributed by atoms with Crippen LogP contribution < -0.4 is 5.32 Å². The number of amides is 1. The van der Waals surface area contributed by atoms with Crippen molar-refractivity contribution in [1.82, 2.24) is 15.3 Å². The molecule has 1 aliphatic carbocycles. The molecule has 0 bridgehead atoms. The molecule has 0 spiro atoms. The summed E-state index contributed by atoms with van der Waals surface area (Å²) in [4.78, 5) is 48.0. The molecule has 1 heterocycles. The number of nitrogens with zero attached hydrogens (tertiary/aromatic N) is 2. The van der Waals surface area contributed by atoms with E-state index in [9.17, 15) is 18.8 Å². The van der Waals surface area contributed by atoms with Crippen LogP contribution in [0.2, 0.25) is 5.02 Å². The van der Waals surface area contributed by atoms with Gasteiger partial charge in [-0.3, -0.25) is 9.59 Å². The van der Waals surface area contributed by atoms with Gasteiger partial charge in [0, 0.05) is 42.3 Å². The van der Waals surface area contributed by atoms with Gasteiger partial charge in [0.2, 0.25) is 5.91 Å². The molecule has 9 heteroatoms. The highest BCUT2D eigenvalue weighted by molar-refractivity contribution is 6.30. The molecule has 7 nitrogen and oxygen atoms in total. The zero-order chi connectivity index (χ0) is 28.5. The van der Waals surface area contributed by atoms with Crippen LogP contribution in [0.15, 0.2) is 54.6 Å². The minimum Gasteiger partial charge on any atom is -0.427 e. The molecule has 1 aromatic heterocycles. The van der Waals surface area contributed by atoms with Crippen molar-refractivity contribution in [2.45, 2.75) is 53.0 Å². The number of carbonyl (C=O) groups is 3. The van der Waals surface area contributed by atoms with Crippen LogP contribution in [0.4, 0.5) is 4.39 Å². The van der Waals surface area contributed by atoms with E-state index < -0.39 is 23.2 Å². The highest BCUT2D eigenvalue weighted by Gasteiger charge is 2.39. The minimum absolute atomic E-state index is 0.0496. The summed E-state index contributed by atoms with van der Waals surface area (Å²) in [6, 6.07) is 8.67. The number of ether oxygens (including phenoxy) is 1. The van der Waals surface area contributed by atoms with Crippen molar-refractivity contribution in [2.75, 3.05) is 0 Å². The molecule has 4 rings (SSSR count). The number of hydrogen-bond donors (Lipinski definition) is 1. The number of aryl methyl sites for hydroxylation is 2. The zero-order valence-electron chi connectivity index (χ0n) is 22.4. The predicted octanol–water partition coefficient (Wildman–Crippen LogP) is 6.01. The van der Waals surface area contributed by atoms with Gasteiger partial charge in [0.1, 0.15) is 11.6 Å². The van der Waals surface area contributed by atoms with Gasteiger partial charge in [-0.05, 0) is 87.7 Å². The molecule has 202 valence electrons. The topological polar surface area (TPSA) is 98.2 Å². The summed E-state index contributed by atoms with van der Waals surface area (Å²) in [5.41, 5.74) is 2.82. The number of Topliss-reactive ketones (excluding diaryl/α,β-unsaturated/α-hetero) is 1. The molecule has 0 fully saturated rings. The van der Waals surface area contributed by atoms with Crippen molar-refractivity contribution in [3.05, 3.63) is 87.6 Å². The van der Waals surface area contributed by atoms with Crippen LogP contribution in [0.1, 0.15) is 60.7 Å². The second kappa shape index (κ2) is 11.1. The van der Waals surface area contributed by atoms with E-state index in [0.29, 0.717) is 16.4 Å². The van der Waals surface area contributed by atoms with Crippen LogP contribution >= 0.6 is 11.6 Å². The number of nitrogens with one attached hydrogen (secondary N) is 1. The van der Waals surface area contributed by atoms with E-state index in [-0.39, 0.29) is 41.4 Å². The molecular weight excluding hydrogens is 521 g/mol. The Morgan fingerprint density at radius 2 is 1.67 bits per heavy atom. The third-order valence-electron chi connectivity index (χ3n) is 6.23. The first kappa shape index (κ1) is 28.1. The van der Waals surface area contributed by atoms with Gasteiger partial charge >= 0.3 is 5.97 Å². The van der Waals surface area contributed by atoms with Gasteiger partial charge in [-0.25, -0.2) is 19.2 Å². The fraction of sp³-hybridized carbons (Fsp3) is 0.300. The van der Waals surface area contributed by atoms with E-state index in [4.69, 9.17) is 16.3 Å². The minimum atomic E-state index is -0.711. The summed E-state index contributed by atoms with van der Waals surface area (Å²) < 4.78 is 19.1. The largest absolute Gasteiger partial charge is 0.427 e. The highest BCUT2D eigenvalue weighted by atomic mass is 35.5. The Labute approximate surface area is 231 Å². The lowest BCUT2D eigenvalue weighted by atomic mass is 9.89. The summed E-state index contributed by atoms with van der Waals surface area (Å²) in [6.07, 6.45) is 3.04. The number of esters is 1. The molecule has 0 saturated carbocycles. The lowest BCUT2D eigenvalue weighted by molar-refractivity contribution is -0.127. The maximum atomic E-state index is 13.8. The number of halogens is 2. The van der Waals surface area contributed by atoms with Crippen molar-refractivity contribution in [3.8, 4) is 11.4 Å². The molecule has 1 aliphatic rings. The Morgan fingerprint density at radius 3 is 2.23 bits per heavy atom. The Bertz CT molecular complexity index is 1450. The number of ketones is 1. The van der Waals surface area contributed by atoms with Gasteiger partial charge in [0.25, 0.3) is 0 Å². The predicted molar refractivity (Wildman–Crippen MR) is 146 cm³/mol. The SMILES string of the molecule is Cc1cc(-c2ncc(Cl)cn2)cc(C)c1C1=C(OC(=O)c2ccc(F)cc2)CC(CC(=O)NC(C)(C)C)C1=O. The van der Waals surface area contributed by atoms with Gasteiger partial charge in [-0.2, -0.15) is 0 Å². The van der Waals surface area contributed by atoms with Crippen LogP contribution in [-0.2, 0) is 14.3 Å². The highest BCUT2D eigenvalue weighted by Crippen LogP contribution is 2.41. The third-order valence-corrected chi connectivity index (χ3v) is 6.43. The van der Waals surface area contributed by atoms with E-state index >= 15 is 0 Å². The monoisotopic (exact) mass is 549 g/mol. The molecule has 2 aromatic carbocycles. The molecule has 1 atom stereocenters. The fourth-order valence-electron chi connectivity index (χ4n) is 4.68. The number of carbonyl (C=O) groups excluding carboxylic acids is 3. The van der Waals surface area contributed by atoms with Gasteiger partial charge in [-0.15, -0.1) is 0 Å². The van der Waals surface area contributed by atoms with E-state index in [0.717, 1.165) is 28.8 Å². The first-order valence-corrected chi connectivity index (χ1v) is 12.9. The number of allylic oxidation sites excluding steroid dienone is 2. The molecule has 3 aromatic rings. The normalized spacial score (nSPS) is 15.5. The molecule has 0 saturated heterocycles. The van der Waals surface area contributed by atoms with E-state index in [1.165, 1.54) is 24.5 Å². The van der Waals surface area contributed by atoms with Crippen LogP contribution in [-0.4, -0.2) is 33.2 Å². The lowest BCUT2D eigenvalue weighted by Crippen LogP contribution is -2.41. The van der Waals surface area contributed by atoms with Crippen molar-refractivity contribution in [1.29, 1.82) is 0 Å². The average Bonchev–Trinajstić information content (AvgIpc) is 3.12. The Balaban J connectivity index is 1.73. The van der Waals surface area contributed by atoms with E-state index in [1.807, 2.05) is 46.8 Å². The van der Waals surface area contributed by atoms with Gasteiger partial charge < -0.3 is 10.1 Å². The average molecular weight is 550 g/mol. The van der Waals surface area contributed by atoms with Crippen molar-refractivity contribution in [2.24, 2.45) is 5.92 Å². The third kappa shape index (κ3) is 6.57. The second-order valence-electron chi connectivity index (χ2n) is 10.7. The number of rotatable bonds is 6. The zero-order valence-corrected chi connectivity index (χ0v) is 23.1. The number of benzene rings is 2. The molecule has 1 N–H and O–H groups in total. The number of aromatic nitrogens is 2. The summed E-state index contributed by atoms with van der Waals surface area (Å²) in [6.45, 7) is 9.28. The maximum absolute atomic E-state index is 13.8. The van der Waals surface area contributed by atoms with E-state index in [1.54, 1.807) is 0 Å². The molecule has 0 aliphatic heterocycles.